The number of carbonyl (C=O) groups is 5. The van der Waals surface area contributed by atoms with E-state index >= 15 is 4.39 Å². The van der Waals surface area contributed by atoms with Gasteiger partial charge in [-0.15, -0.1) is 0 Å². The van der Waals surface area contributed by atoms with Gasteiger partial charge < -0.3 is 24.8 Å². The van der Waals surface area contributed by atoms with Crippen molar-refractivity contribution in [1.82, 2.24) is 14.8 Å². The number of esters is 1. The van der Waals surface area contributed by atoms with Crippen molar-refractivity contribution in [2.45, 2.75) is 89.8 Å². The number of aromatic amines is 1. The number of halogens is 1. The van der Waals surface area contributed by atoms with E-state index in [-0.39, 0.29) is 42.0 Å². The van der Waals surface area contributed by atoms with Gasteiger partial charge in [0.25, 0.3) is 0 Å². The van der Waals surface area contributed by atoms with Gasteiger partial charge in [0.15, 0.2) is 11.6 Å². The van der Waals surface area contributed by atoms with Gasteiger partial charge in [-0.3, -0.25) is 24.0 Å². The van der Waals surface area contributed by atoms with Crippen molar-refractivity contribution in [3.05, 3.63) is 89.7 Å². The molecule has 0 bridgehead atoms. The number of hydrogen-bond donors (Lipinski definition) is 2. The largest absolute Gasteiger partial charge is 0.460 e. The van der Waals surface area contributed by atoms with E-state index in [1.54, 1.807) is 73.0 Å². The standard InChI is InChI=1S/C41H45FN4O6/c1-25(47)45-20-9-13-34(45)39(50)43-29-17-15-28(16-18-29)38-37(42)31-22-26(14-19-32(31)44-38)23-35(48)33-12-8-21-46(33)40(51)30(27-10-6-5-7-11-27)24-36(49)52-41(2,3)4/h5-7,10-11,14-19,22,30,33-34,44H,8-9,12-13,20-21,23-24H2,1-4H3,(H,43,50)/t30-,33+,34+/m1/s1. The number of ether oxygens (including phenoxy) is 1. The average Bonchev–Trinajstić information content (AvgIpc) is 3.87. The highest BCUT2D eigenvalue weighted by molar-refractivity contribution is 5.98. The van der Waals surface area contributed by atoms with Crippen molar-refractivity contribution < 1.29 is 33.1 Å². The van der Waals surface area contributed by atoms with Crippen LogP contribution in [0.2, 0.25) is 0 Å². The highest BCUT2D eigenvalue weighted by Gasteiger charge is 2.39. The molecule has 0 radical (unpaired) electrons. The second kappa shape index (κ2) is 15.1. The SMILES string of the molecule is CC(=O)N1CCC[C@H]1C(=O)Nc1ccc(-c2[nH]c3ccc(CC(=O)[C@@H]4CCCN4C(=O)[C@H](CC(=O)OC(C)(C)C)c4ccccc4)cc3c2F)cc1. The third kappa shape index (κ3) is 8.09. The number of nitrogens with zero attached hydrogens (tertiary/aromatic N) is 2. The molecule has 3 heterocycles. The molecule has 272 valence electrons. The van der Waals surface area contributed by atoms with Crippen molar-refractivity contribution in [1.29, 1.82) is 0 Å². The molecule has 2 aliphatic rings. The first-order chi connectivity index (χ1) is 24.8. The number of H-pyrrole nitrogens is 1. The van der Waals surface area contributed by atoms with Crippen LogP contribution in [0.1, 0.15) is 76.8 Å². The van der Waals surface area contributed by atoms with Gasteiger partial charge in [-0.25, -0.2) is 4.39 Å². The molecule has 4 aromatic rings. The topological polar surface area (TPSA) is 129 Å². The molecule has 3 aromatic carbocycles. The van der Waals surface area contributed by atoms with Crippen LogP contribution in [0, 0.1) is 5.82 Å². The van der Waals surface area contributed by atoms with Crippen LogP contribution in [-0.2, 0) is 35.1 Å². The summed E-state index contributed by atoms with van der Waals surface area (Å²) in [6.07, 6.45) is 2.43. The van der Waals surface area contributed by atoms with Gasteiger partial charge in [0.2, 0.25) is 17.7 Å². The number of likely N-dealkylation sites (tertiary alicyclic amines) is 2. The Morgan fingerprint density at radius 2 is 1.58 bits per heavy atom. The van der Waals surface area contributed by atoms with E-state index < -0.39 is 35.4 Å². The van der Waals surface area contributed by atoms with Gasteiger partial charge in [-0.2, -0.15) is 0 Å². The summed E-state index contributed by atoms with van der Waals surface area (Å²) in [6.45, 7) is 7.76. The summed E-state index contributed by atoms with van der Waals surface area (Å²) in [7, 11) is 0. The van der Waals surface area contributed by atoms with Crippen LogP contribution in [-0.4, -0.2) is 75.0 Å². The van der Waals surface area contributed by atoms with E-state index in [1.807, 2.05) is 30.3 Å². The maximum absolute atomic E-state index is 15.9. The number of Topliss-reactive ketones (excluding diaryl/α,β-unsaturated/α-hetero) is 1. The zero-order chi connectivity index (χ0) is 37.2. The highest BCUT2D eigenvalue weighted by Crippen LogP contribution is 2.32. The predicted octanol–water partition coefficient (Wildman–Crippen LogP) is 6.54. The Morgan fingerprint density at radius 1 is 0.904 bits per heavy atom. The molecule has 0 saturated carbocycles. The molecule has 2 N–H and O–H groups in total. The molecule has 2 saturated heterocycles. The van der Waals surface area contributed by atoms with E-state index in [9.17, 15) is 24.0 Å². The van der Waals surface area contributed by atoms with Crippen LogP contribution >= 0.6 is 0 Å². The summed E-state index contributed by atoms with van der Waals surface area (Å²) in [6, 6.07) is 19.9. The van der Waals surface area contributed by atoms with E-state index in [0.717, 1.165) is 6.42 Å². The average molecular weight is 709 g/mol. The van der Waals surface area contributed by atoms with Crippen LogP contribution in [0.15, 0.2) is 72.8 Å². The number of carbonyl (C=O) groups excluding carboxylic acids is 5. The molecule has 2 fully saturated rings. The second-order valence-electron chi connectivity index (χ2n) is 14.7. The maximum atomic E-state index is 15.9. The molecule has 0 spiro atoms. The Morgan fingerprint density at radius 3 is 2.25 bits per heavy atom. The first-order valence-corrected chi connectivity index (χ1v) is 17.9. The van der Waals surface area contributed by atoms with Gasteiger partial charge in [0.1, 0.15) is 11.6 Å². The molecule has 2 aliphatic heterocycles. The Labute approximate surface area is 302 Å². The molecular weight excluding hydrogens is 663 g/mol. The first kappa shape index (κ1) is 36.5. The lowest BCUT2D eigenvalue weighted by Gasteiger charge is -2.29. The van der Waals surface area contributed by atoms with E-state index in [0.29, 0.717) is 65.6 Å². The van der Waals surface area contributed by atoms with E-state index in [2.05, 4.69) is 10.3 Å². The molecule has 1 aromatic heterocycles. The maximum Gasteiger partial charge on any atom is 0.307 e. The van der Waals surface area contributed by atoms with Gasteiger partial charge >= 0.3 is 5.97 Å². The van der Waals surface area contributed by atoms with Gasteiger partial charge in [-0.1, -0.05) is 48.5 Å². The molecule has 10 nitrogen and oxygen atoms in total. The number of rotatable bonds is 10. The zero-order valence-electron chi connectivity index (χ0n) is 30.0. The van der Waals surface area contributed by atoms with Gasteiger partial charge in [0, 0.05) is 48.6 Å². The molecule has 11 heteroatoms. The van der Waals surface area contributed by atoms with Crippen LogP contribution < -0.4 is 5.32 Å². The fraction of sp³-hybridized carbons (Fsp3) is 0.390. The van der Waals surface area contributed by atoms with Crippen LogP contribution in [0.5, 0.6) is 0 Å². The van der Waals surface area contributed by atoms with Crippen LogP contribution in [0.25, 0.3) is 22.2 Å². The van der Waals surface area contributed by atoms with Gasteiger partial charge in [-0.05, 0) is 81.8 Å². The van der Waals surface area contributed by atoms with Crippen molar-refractivity contribution in [3.8, 4) is 11.3 Å². The smallest absolute Gasteiger partial charge is 0.307 e. The molecule has 3 amide bonds. The monoisotopic (exact) mass is 708 g/mol. The van der Waals surface area contributed by atoms with Gasteiger partial charge in [0.05, 0.1) is 24.1 Å². The van der Waals surface area contributed by atoms with E-state index in [4.69, 9.17) is 4.74 Å². The normalized spacial score (nSPS) is 18.0. The summed E-state index contributed by atoms with van der Waals surface area (Å²) in [5.74, 6) is -2.55. The van der Waals surface area contributed by atoms with Crippen molar-refractivity contribution in [3.63, 3.8) is 0 Å². The predicted molar refractivity (Wildman–Crippen MR) is 196 cm³/mol. The summed E-state index contributed by atoms with van der Waals surface area (Å²) < 4.78 is 21.4. The quantitative estimate of drug-likeness (QED) is 0.180. The molecule has 6 rings (SSSR count). The summed E-state index contributed by atoms with van der Waals surface area (Å²) in [5.41, 5.74) is 2.57. The Bertz CT molecular complexity index is 1980. The second-order valence-corrected chi connectivity index (χ2v) is 14.7. The molecule has 0 unspecified atom stereocenters. The minimum Gasteiger partial charge on any atom is -0.460 e. The fourth-order valence-electron chi connectivity index (χ4n) is 7.34. The highest BCUT2D eigenvalue weighted by atomic mass is 19.1. The lowest BCUT2D eigenvalue weighted by molar-refractivity contribution is -0.157. The molecular formula is C41H45FN4O6. The van der Waals surface area contributed by atoms with Crippen LogP contribution in [0.4, 0.5) is 10.1 Å². The Kier molecular flexibility index (Phi) is 10.6. The number of benzene rings is 3. The lowest BCUT2D eigenvalue weighted by atomic mass is 9.93. The Hall–Kier alpha value is -5.32. The number of amides is 3. The van der Waals surface area contributed by atoms with Crippen LogP contribution in [0.3, 0.4) is 0 Å². The Balaban J connectivity index is 1.14. The first-order valence-electron chi connectivity index (χ1n) is 17.9. The van der Waals surface area contributed by atoms with Crippen molar-refractivity contribution in [2.75, 3.05) is 18.4 Å². The summed E-state index contributed by atoms with van der Waals surface area (Å²) in [5, 5.41) is 3.20. The van der Waals surface area contributed by atoms with E-state index in [1.165, 1.54) is 6.92 Å². The zero-order valence-corrected chi connectivity index (χ0v) is 30.0. The summed E-state index contributed by atoms with van der Waals surface area (Å²) in [4.78, 5) is 71.7. The third-order valence-corrected chi connectivity index (χ3v) is 9.78. The van der Waals surface area contributed by atoms with Crippen molar-refractivity contribution >= 4 is 46.1 Å². The number of nitrogens with one attached hydrogen (secondary N) is 2. The number of fused-ring (bicyclic) bond motifs is 1. The number of aromatic nitrogens is 1. The summed E-state index contributed by atoms with van der Waals surface area (Å²) >= 11 is 0. The molecule has 52 heavy (non-hydrogen) atoms. The number of ketones is 1. The minimum atomic E-state index is -0.789. The molecule has 0 aliphatic carbocycles. The van der Waals surface area contributed by atoms with Crippen molar-refractivity contribution in [2.24, 2.45) is 0 Å². The number of anilines is 1. The molecule has 3 atom stereocenters. The lowest BCUT2D eigenvalue weighted by Crippen LogP contribution is -2.44. The third-order valence-electron chi connectivity index (χ3n) is 9.78. The number of hydrogen-bond acceptors (Lipinski definition) is 6. The fourth-order valence-corrected chi connectivity index (χ4v) is 7.34. The minimum absolute atomic E-state index is 0.0167.